The fourth-order valence-corrected chi connectivity index (χ4v) is 6.82. The number of methoxy groups -OCH3 is 1. The van der Waals surface area contributed by atoms with Crippen LogP contribution in [0.5, 0.6) is 11.6 Å². The predicted molar refractivity (Wildman–Crippen MR) is 171 cm³/mol. The van der Waals surface area contributed by atoms with E-state index in [1.54, 1.807) is 12.0 Å². The molecule has 11 heteroatoms. The highest BCUT2D eigenvalue weighted by Crippen LogP contribution is 2.44. The smallest absolute Gasteiger partial charge is 0.282 e. The van der Waals surface area contributed by atoms with Gasteiger partial charge in [0.1, 0.15) is 17.9 Å². The van der Waals surface area contributed by atoms with Crippen molar-refractivity contribution in [1.82, 2.24) is 29.9 Å². The summed E-state index contributed by atoms with van der Waals surface area (Å²) in [7, 11) is 3.96. The molecule has 0 aliphatic carbocycles. The minimum atomic E-state index is -0.497. The number of aromatic nitrogens is 3. The molecule has 1 aromatic heterocycles. The first-order valence-corrected chi connectivity index (χ1v) is 16.2. The number of rotatable bonds is 16. The van der Waals surface area contributed by atoms with Gasteiger partial charge in [-0.1, -0.05) is 13.8 Å². The van der Waals surface area contributed by atoms with Crippen molar-refractivity contribution in [3.05, 3.63) is 35.9 Å². The number of carbonyl (C=O) groups is 1. The summed E-state index contributed by atoms with van der Waals surface area (Å²) in [5.74, 6) is 0.883. The van der Waals surface area contributed by atoms with Gasteiger partial charge in [0.05, 0.1) is 5.56 Å². The van der Waals surface area contributed by atoms with Crippen LogP contribution >= 0.6 is 0 Å². The van der Waals surface area contributed by atoms with Crippen LogP contribution in [0.2, 0.25) is 0 Å². The van der Waals surface area contributed by atoms with Gasteiger partial charge < -0.3 is 24.2 Å². The lowest BCUT2D eigenvalue weighted by Crippen LogP contribution is -2.62. The van der Waals surface area contributed by atoms with Crippen LogP contribution in [0.3, 0.4) is 0 Å². The highest BCUT2D eigenvalue weighted by atomic mass is 19.1. The molecule has 10 nitrogen and oxygen atoms in total. The summed E-state index contributed by atoms with van der Waals surface area (Å²) in [5.41, 5.74) is 0.368. The van der Waals surface area contributed by atoms with Crippen molar-refractivity contribution in [3.63, 3.8) is 0 Å². The summed E-state index contributed by atoms with van der Waals surface area (Å²) >= 11 is 0. The third kappa shape index (κ3) is 8.22. The molecule has 0 N–H and O–H groups in total. The Hall–Kier alpha value is -2.89. The number of amides is 1. The van der Waals surface area contributed by atoms with E-state index in [2.05, 4.69) is 50.8 Å². The number of hydrogen-bond acceptors (Lipinski definition) is 9. The lowest BCUT2D eigenvalue weighted by atomic mass is 9.76. The van der Waals surface area contributed by atoms with Gasteiger partial charge in [-0.15, -0.1) is 10.2 Å². The molecule has 1 aromatic carbocycles. The van der Waals surface area contributed by atoms with Crippen LogP contribution in [-0.4, -0.2) is 114 Å². The zero-order chi connectivity index (χ0) is 31.9. The summed E-state index contributed by atoms with van der Waals surface area (Å²) in [6.07, 6.45) is 5.95. The maximum Gasteiger partial charge on any atom is 0.282 e. The molecule has 1 spiro atoms. The Morgan fingerprint density at radius 3 is 2.57 bits per heavy atom. The van der Waals surface area contributed by atoms with Crippen LogP contribution in [0, 0.1) is 17.2 Å². The molecule has 2 aliphatic heterocycles. The van der Waals surface area contributed by atoms with E-state index in [0.717, 1.165) is 58.7 Å². The van der Waals surface area contributed by atoms with E-state index in [1.807, 2.05) is 20.8 Å². The molecule has 0 radical (unpaired) electrons. The number of nitrogens with zero attached hydrogens (tertiary/aromatic N) is 7. The zero-order valence-corrected chi connectivity index (χ0v) is 27.8. The van der Waals surface area contributed by atoms with E-state index >= 15 is 0 Å². The van der Waals surface area contributed by atoms with E-state index in [1.165, 1.54) is 37.4 Å². The second-order valence-corrected chi connectivity index (χ2v) is 13.2. The average Bonchev–Trinajstić information content (AvgIpc) is 3.42. The van der Waals surface area contributed by atoms with E-state index < -0.39 is 5.82 Å². The molecule has 0 bridgehead atoms. The topological polar surface area (TPSA) is 87.2 Å². The molecule has 2 aromatic rings. The molecular formula is C33H52FN7O3. The van der Waals surface area contributed by atoms with Gasteiger partial charge in [-0.2, -0.15) is 0 Å². The molecule has 244 valence electrons. The SMILES string of the molecule is CCN(C(=O)c1cc(F)ccc1Oc1nncnc1N1CCC2(C1)CN([C@H](CCCN(C)CCCOC)C(C)C)C2)C(C)C. The number of anilines is 1. The second kappa shape index (κ2) is 15.4. The van der Waals surface area contributed by atoms with Crippen LogP contribution < -0.4 is 9.64 Å². The van der Waals surface area contributed by atoms with Gasteiger partial charge in [-0.25, -0.2) is 9.37 Å². The fourth-order valence-electron chi connectivity index (χ4n) is 6.82. The molecule has 4 rings (SSSR count). The highest BCUT2D eigenvalue weighted by Gasteiger charge is 2.50. The van der Waals surface area contributed by atoms with Crippen LogP contribution in [0.25, 0.3) is 0 Å². The highest BCUT2D eigenvalue weighted by molar-refractivity contribution is 5.97. The molecule has 1 atom stereocenters. The molecular weight excluding hydrogens is 561 g/mol. The van der Waals surface area contributed by atoms with Crippen molar-refractivity contribution >= 4 is 11.7 Å². The lowest BCUT2D eigenvalue weighted by Gasteiger charge is -2.53. The number of likely N-dealkylation sites (tertiary alicyclic amines) is 1. The second-order valence-electron chi connectivity index (χ2n) is 13.2. The molecule has 1 amide bonds. The van der Waals surface area contributed by atoms with E-state index in [4.69, 9.17) is 9.47 Å². The van der Waals surface area contributed by atoms with Crippen molar-refractivity contribution in [2.24, 2.45) is 11.3 Å². The summed E-state index contributed by atoms with van der Waals surface area (Å²) in [5, 5.41) is 8.23. The average molecular weight is 614 g/mol. The fraction of sp³-hybridized carbons (Fsp3) is 0.697. The minimum absolute atomic E-state index is 0.0390. The molecule has 0 saturated carbocycles. The number of carbonyl (C=O) groups excluding carboxylic acids is 1. The number of benzene rings is 1. The van der Waals surface area contributed by atoms with Crippen molar-refractivity contribution in [2.75, 3.05) is 71.5 Å². The van der Waals surface area contributed by atoms with E-state index in [9.17, 15) is 9.18 Å². The first-order valence-electron chi connectivity index (χ1n) is 16.2. The predicted octanol–water partition coefficient (Wildman–Crippen LogP) is 4.96. The monoisotopic (exact) mass is 613 g/mol. The molecule has 44 heavy (non-hydrogen) atoms. The normalized spacial score (nSPS) is 17.1. The first-order chi connectivity index (χ1) is 21.1. The van der Waals surface area contributed by atoms with Crippen molar-refractivity contribution in [2.45, 2.75) is 72.4 Å². The minimum Gasteiger partial charge on any atom is -0.434 e. The first kappa shape index (κ1) is 34.0. The van der Waals surface area contributed by atoms with E-state index in [0.29, 0.717) is 24.3 Å². The summed E-state index contributed by atoms with van der Waals surface area (Å²) in [6.45, 7) is 17.8. The third-order valence-corrected chi connectivity index (χ3v) is 9.16. The van der Waals surface area contributed by atoms with Gasteiger partial charge in [0, 0.05) is 70.5 Å². The Morgan fingerprint density at radius 1 is 1.14 bits per heavy atom. The molecule has 0 unspecified atom stereocenters. The molecule has 2 fully saturated rings. The molecule has 2 aliphatic rings. The third-order valence-electron chi connectivity index (χ3n) is 9.16. The van der Waals surface area contributed by atoms with Crippen molar-refractivity contribution < 1.29 is 18.7 Å². The van der Waals surface area contributed by atoms with E-state index in [-0.39, 0.29) is 34.6 Å². The zero-order valence-electron chi connectivity index (χ0n) is 27.8. The quantitative estimate of drug-likeness (QED) is 0.244. The Labute approximate surface area is 262 Å². The molecule has 2 saturated heterocycles. The summed E-state index contributed by atoms with van der Waals surface area (Å²) in [6, 6.07) is 4.53. The standard InChI is InChI=1S/C33H52FN7O3/c1-8-41(25(4)5)32(42)27-19-26(34)12-13-29(27)44-31-30(35-23-36-37-31)39-17-14-33(20-39)21-40(22-33)28(24(2)3)11-9-15-38(6)16-10-18-43-7/h12-13,19,23-25,28H,8-11,14-18,20-22H2,1-7H3/t28-/m1/s1. The molecule has 3 heterocycles. The van der Waals surface area contributed by atoms with Crippen molar-refractivity contribution in [3.8, 4) is 11.6 Å². The number of halogens is 1. The van der Waals surface area contributed by atoms with Gasteiger partial charge in [-0.05, 0) is 84.2 Å². The van der Waals surface area contributed by atoms with Gasteiger partial charge in [-0.3, -0.25) is 9.69 Å². The number of hydrogen-bond donors (Lipinski definition) is 0. The Morgan fingerprint density at radius 2 is 1.89 bits per heavy atom. The maximum absolute atomic E-state index is 14.3. The van der Waals surface area contributed by atoms with Crippen molar-refractivity contribution in [1.29, 1.82) is 0 Å². The Balaban J connectivity index is 1.39. The van der Waals surface area contributed by atoms with Crippen LogP contribution in [0.4, 0.5) is 10.2 Å². The van der Waals surface area contributed by atoms with Gasteiger partial charge in [0.25, 0.3) is 11.8 Å². The van der Waals surface area contributed by atoms with Gasteiger partial charge in [0.15, 0.2) is 5.82 Å². The maximum atomic E-state index is 14.3. The van der Waals surface area contributed by atoms with Crippen LogP contribution in [0.15, 0.2) is 24.5 Å². The van der Waals surface area contributed by atoms with Crippen LogP contribution in [0.1, 0.15) is 70.7 Å². The van der Waals surface area contributed by atoms with Crippen LogP contribution in [-0.2, 0) is 4.74 Å². The van der Waals surface area contributed by atoms with Gasteiger partial charge >= 0.3 is 0 Å². The van der Waals surface area contributed by atoms with Gasteiger partial charge in [0.2, 0.25) is 0 Å². The lowest BCUT2D eigenvalue weighted by molar-refractivity contribution is -0.0344. The Kier molecular flexibility index (Phi) is 11.9. The Bertz CT molecular complexity index is 1220. The number of ether oxygens (including phenoxy) is 2. The summed E-state index contributed by atoms with van der Waals surface area (Å²) < 4.78 is 25.7. The summed E-state index contributed by atoms with van der Waals surface area (Å²) in [4.78, 5) is 26.9. The largest absolute Gasteiger partial charge is 0.434 e.